The SMILES string of the molecule is COc1cc(OCc2cn(-c3ccccc3)nn2)c2cc(-c3cnc4sc(OC)nn34)oc2c1. The summed E-state index contributed by atoms with van der Waals surface area (Å²) in [4.78, 5) is 5.11. The van der Waals surface area contributed by atoms with Crippen LogP contribution in [0.2, 0.25) is 0 Å². The molecule has 0 atom stereocenters. The number of fused-ring (bicyclic) bond motifs is 2. The van der Waals surface area contributed by atoms with Gasteiger partial charge in [-0.3, -0.25) is 0 Å². The largest absolute Gasteiger partial charge is 0.496 e. The molecule has 6 rings (SSSR count). The molecule has 0 fully saturated rings. The highest BCUT2D eigenvalue weighted by molar-refractivity contribution is 7.18. The fourth-order valence-corrected chi connectivity index (χ4v) is 4.29. The van der Waals surface area contributed by atoms with Gasteiger partial charge in [-0.05, 0) is 29.5 Å². The van der Waals surface area contributed by atoms with Crippen LogP contribution in [0.3, 0.4) is 0 Å². The van der Waals surface area contributed by atoms with Gasteiger partial charge >= 0.3 is 0 Å². The Balaban J connectivity index is 1.33. The number of rotatable bonds is 7. The molecule has 2 aromatic carbocycles. The smallest absolute Gasteiger partial charge is 0.294 e. The maximum absolute atomic E-state index is 6.13. The summed E-state index contributed by atoms with van der Waals surface area (Å²) in [5.74, 6) is 1.82. The maximum Gasteiger partial charge on any atom is 0.294 e. The van der Waals surface area contributed by atoms with Crippen LogP contribution >= 0.6 is 11.3 Å². The number of methoxy groups -OCH3 is 2. The number of hydrogen-bond acceptors (Lipinski definition) is 9. The number of benzene rings is 2. The molecule has 0 N–H and O–H groups in total. The van der Waals surface area contributed by atoms with Crippen molar-refractivity contribution >= 4 is 27.3 Å². The van der Waals surface area contributed by atoms with Gasteiger partial charge in [-0.2, -0.15) is 4.52 Å². The van der Waals surface area contributed by atoms with Gasteiger partial charge in [0.2, 0.25) is 4.96 Å². The second-order valence-electron chi connectivity index (χ2n) is 7.34. The van der Waals surface area contributed by atoms with Crippen LogP contribution in [0.25, 0.3) is 33.1 Å². The first-order chi connectivity index (χ1) is 16.7. The van der Waals surface area contributed by atoms with E-state index in [1.54, 1.807) is 29.6 Å². The molecule has 0 saturated carbocycles. The molecule has 0 saturated heterocycles. The van der Waals surface area contributed by atoms with Crippen molar-refractivity contribution in [2.24, 2.45) is 0 Å². The molecule has 10 nitrogen and oxygen atoms in total. The standard InChI is InChI=1S/C23H18N6O4S/c1-30-16-8-19(32-13-14-12-28(27-25-14)15-6-4-3-5-7-15)17-10-21(33-20(17)9-16)18-11-24-22-29(18)26-23(31-2)34-22/h3-12H,13H2,1-2H3. The maximum atomic E-state index is 6.13. The molecule has 0 unspecified atom stereocenters. The van der Waals surface area contributed by atoms with Gasteiger partial charge in [-0.25, -0.2) is 9.67 Å². The zero-order valence-electron chi connectivity index (χ0n) is 18.2. The van der Waals surface area contributed by atoms with Crippen molar-refractivity contribution in [2.45, 2.75) is 6.61 Å². The van der Waals surface area contributed by atoms with Gasteiger partial charge in [0, 0.05) is 12.1 Å². The van der Waals surface area contributed by atoms with Crippen molar-refractivity contribution in [3.8, 4) is 33.8 Å². The lowest BCUT2D eigenvalue weighted by Gasteiger charge is -2.07. The number of nitrogens with zero attached hydrogens (tertiary/aromatic N) is 6. The van der Waals surface area contributed by atoms with E-state index in [0.717, 1.165) is 11.1 Å². The lowest BCUT2D eigenvalue weighted by atomic mass is 10.2. The van der Waals surface area contributed by atoms with E-state index in [1.165, 1.54) is 11.3 Å². The molecule has 170 valence electrons. The third-order valence-corrected chi connectivity index (χ3v) is 6.12. The van der Waals surface area contributed by atoms with Gasteiger partial charge in [0.15, 0.2) is 5.76 Å². The van der Waals surface area contributed by atoms with Crippen molar-refractivity contribution in [2.75, 3.05) is 14.2 Å². The van der Waals surface area contributed by atoms with Crippen molar-refractivity contribution in [1.29, 1.82) is 0 Å². The van der Waals surface area contributed by atoms with Crippen molar-refractivity contribution in [1.82, 2.24) is 29.6 Å². The van der Waals surface area contributed by atoms with Crippen LogP contribution in [0.4, 0.5) is 0 Å². The average molecular weight is 475 g/mol. The number of furan rings is 1. The normalized spacial score (nSPS) is 11.4. The Hall–Kier alpha value is -4.38. The molecular formula is C23H18N6O4S. The van der Waals surface area contributed by atoms with E-state index < -0.39 is 0 Å². The van der Waals surface area contributed by atoms with Crippen LogP contribution in [0.5, 0.6) is 16.7 Å². The predicted molar refractivity (Wildman–Crippen MR) is 125 cm³/mol. The third kappa shape index (κ3) is 3.52. The van der Waals surface area contributed by atoms with Crippen LogP contribution in [-0.4, -0.2) is 43.8 Å². The molecular weight excluding hydrogens is 456 g/mol. The molecule has 0 bridgehead atoms. The summed E-state index contributed by atoms with van der Waals surface area (Å²) in [5.41, 5.74) is 2.95. The summed E-state index contributed by atoms with van der Waals surface area (Å²) in [6.45, 7) is 0.232. The highest BCUT2D eigenvalue weighted by Gasteiger charge is 2.18. The summed E-state index contributed by atoms with van der Waals surface area (Å²) in [6, 6.07) is 15.3. The van der Waals surface area contributed by atoms with Crippen LogP contribution < -0.4 is 14.2 Å². The molecule has 0 amide bonds. The van der Waals surface area contributed by atoms with E-state index in [4.69, 9.17) is 18.6 Å². The highest BCUT2D eigenvalue weighted by Crippen LogP contribution is 2.38. The van der Waals surface area contributed by atoms with E-state index in [9.17, 15) is 0 Å². The molecule has 4 aromatic heterocycles. The van der Waals surface area contributed by atoms with Crippen molar-refractivity contribution < 1.29 is 18.6 Å². The molecule has 11 heteroatoms. The van der Waals surface area contributed by atoms with E-state index in [2.05, 4.69) is 20.4 Å². The monoisotopic (exact) mass is 474 g/mol. The summed E-state index contributed by atoms with van der Waals surface area (Å²) < 4.78 is 26.3. The Morgan fingerprint density at radius 2 is 1.94 bits per heavy atom. The van der Waals surface area contributed by atoms with Gasteiger partial charge in [-0.15, -0.1) is 10.2 Å². The van der Waals surface area contributed by atoms with E-state index in [1.807, 2.05) is 54.7 Å². The first-order valence-corrected chi connectivity index (χ1v) is 11.1. The zero-order valence-corrected chi connectivity index (χ0v) is 19.0. The van der Waals surface area contributed by atoms with Gasteiger partial charge in [-0.1, -0.05) is 23.4 Å². The van der Waals surface area contributed by atoms with Gasteiger partial charge in [0.05, 0.1) is 37.7 Å². The van der Waals surface area contributed by atoms with Gasteiger partial charge in [0.25, 0.3) is 5.19 Å². The van der Waals surface area contributed by atoms with Gasteiger partial charge < -0.3 is 18.6 Å². The number of aromatic nitrogens is 6. The van der Waals surface area contributed by atoms with E-state index in [-0.39, 0.29) is 6.61 Å². The first-order valence-electron chi connectivity index (χ1n) is 10.3. The summed E-state index contributed by atoms with van der Waals surface area (Å²) in [7, 11) is 3.18. The minimum Gasteiger partial charge on any atom is -0.496 e. The van der Waals surface area contributed by atoms with Crippen LogP contribution in [-0.2, 0) is 6.61 Å². The lowest BCUT2D eigenvalue weighted by molar-refractivity contribution is 0.302. The first kappa shape index (κ1) is 20.2. The second-order valence-corrected chi connectivity index (χ2v) is 8.26. The highest BCUT2D eigenvalue weighted by atomic mass is 32.1. The fourth-order valence-electron chi connectivity index (χ4n) is 3.60. The zero-order chi connectivity index (χ0) is 23.1. The summed E-state index contributed by atoms with van der Waals surface area (Å²) >= 11 is 1.35. The lowest BCUT2D eigenvalue weighted by Crippen LogP contribution is -1.97. The topological polar surface area (TPSA) is 102 Å². The molecule has 6 aromatic rings. The molecule has 0 aliphatic heterocycles. The third-order valence-electron chi connectivity index (χ3n) is 5.24. The summed E-state index contributed by atoms with van der Waals surface area (Å²) in [5, 5.41) is 14.1. The van der Waals surface area contributed by atoms with E-state index >= 15 is 0 Å². The Kier molecular flexibility index (Phi) is 4.88. The quantitative estimate of drug-likeness (QED) is 0.336. The molecule has 4 heterocycles. The predicted octanol–water partition coefficient (Wildman–Crippen LogP) is 4.38. The Labute approximate surface area is 196 Å². The van der Waals surface area contributed by atoms with Crippen LogP contribution in [0, 0.1) is 0 Å². The minimum absolute atomic E-state index is 0.232. The Bertz CT molecular complexity index is 1600. The Morgan fingerprint density at radius 1 is 1.06 bits per heavy atom. The fraction of sp³-hybridized carbons (Fsp3) is 0.130. The Morgan fingerprint density at radius 3 is 2.76 bits per heavy atom. The summed E-state index contributed by atoms with van der Waals surface area (Å²) in [6.07, 6.45) is 3.56. The molecule has 0 aliphatic carbocycles. The van der Waals surface area contributed by atoms with E-state index in [0.29, 0.717) is 44.4 Å². The number of ether oxygens (including phenoxy) is 3. The molecule has 0 radical (unpaired) electrons. The van der Waals surface area contributed by atoms with Gasteiger partial charge in [0.1, 0.15) is 35.1 Å². The average Bonchev–Trinajstić information content (AvgIpc) is 3.65. The minimum atomic E-state index is 0.232. The molecule has 0 aliphatic rings. The van der Waals surface area contributed by atoms with Crippen molar-refractivity contribution in [3.63, 3.8) is 0 Å². The number of imidazole rings is 1. The number of para-hydroxylation sites is 1. The second kappa shape index (κ2) is 8.19. The van der Waals surface area contributed by atoms with Crippen LogP contribution in [0.1, 0.15) is 5.69 Å². The number of hydrogen-bond donors (Lipinski definition) is 0. The van der Waals surface area contributed by atoms with Crippen LogP contribution in [0.15, 0.2) is 65.3 Å². The van der Waals surface area contributed by atoms with Crippen molar-refractivity contribution in [3.05, 3.63) is 66.6 Å². The molecule has 0 spiro atoms. The molecule has 34 heavy (non-hydrogen) atoms.